The Balaban J connectivity index is 1.55. The molecule has 6 nitrogen and oxygen atoms in total. The van der Waals surface area contributed by atoms with Crippen molar-refractivity contribution >= 4 is 11.7 Å². The van der Waals surface area contributed by atoms with Crippen LogP contribution in [0.25, 0.3) is 11.5 Å². The van der Waals surface area contributed by atoms with E-state index in [1.807, 2.05) is 64.8 Å². The van der Waals surface area contributed by atoms with Gasteiger partial charge in [-0.2, -0.15) is 5.10 Å². The molecule has 1 atom stereocenters. The summed E-state index contributed by atoms with van der Waals surface area (Å²) in [5.41, 5.74) is 3.89. The second kappa shape index (κ2) is 9.05. The second-order valence-electron chi connectivity index (χ2n) is 8.93. The largest absolute Gasteiger partial charge is 0.323 e. The highest BCUT2D eigenvalue weighted by atomic mass is 19.1. The maximum absolute atomic E-state index is 14.5. The molecule has 0 aliphatic carbocycles. The van der Waals surface area contributed by atoms with Crippen molar-refractivity contribution in [3.63, 3.8) is 0 Å². The van der Waals surface area contributed by atoms with E-state index in [1.54, 1.807) is 29.2 Å². The maximum Gasteiger partial charge on any atom is 0.323 e. The number of nitrogens with one attached hydrogen (secondary N) is 1. The molecule has 3 aromatic carbocycles. The van der Waals surface area contributed by atoms with Crippen LogP contribution in [0, 0.1) is 18.6 Å². The summed E-state index contributed by atoms with van der Waals surface area (Å²) in [6, 6.07) is 24.6. The van der Waals surface area contributed by atoms with Crippen LogP contribution in [0.1, 0.15) is 28.6 Å². The number of carbonyl (C=O) groups is 1. The predicted octanol–water partition coefficient (Wildman–Crippen LogP) is 6.39. The molecule has 0 fully saturated rings. The number of aromatic nitrogens is 3. The van der Waals surface area contributed by atoms with Crippen LogP contribution in [-0.2, 0) is 6.54 Å². The molecule has 5 aromatic rings. The maximum atomic E-state index is 14.5. The first-order chi connectivity index (χ1) is 18.0. The van der Waals surface area contributed by atoms with Crippen molar-refractivity contribution in [3.8, 4) is 11.5 Å². The molecular weight excluding hydrogens is 472 g/mol. The zero-order valence-electron chi connectivity index (χ0n) is 20.0. The SMILES string of the molecule is Cc1nn(-c2ccccc2)c2c1CN(C(=O)Nc1ccccc1F)[C@H](c1cccc(F)c1)c1cccn1-2. The van der Waals surface area contributed by atoms with Gasteiger partial charge in [0.05, 0.1) is 35.3 Å². The highest BCUT2D eigenvalue weighted by Gasteiger charge is 2.36. The van der Waals surface area contributed by atoms with Crippen molar-refractivity contribution in [3.05, 3.63) is 131 Å². The Hall–Kier alpha value is -4.72. The average molecular weight is 496 g/mol. The van der Waals surface area contributed by atoms with Gasteiger partial charge < -0.3 is 14.8 Å². The summed E-state index contributed by atoms with van der Waals surface area (Å²) < 4.78 is 32.7. The van der Waals surface area contributed by atoms with Gasteiger partial charge in [0.15, 0.2) is 0 Å². The molecule has 184 valence electrons. The molecule has 0 unspecified atom stereocenters. The minimum atomic E-state index is -0.645. The average Bonchev–Trinajstić information content (AvgIpc) is 3.46. The zero-order valence-corrected chi connectivity index (χ0v) is 20.0. The molecule has 6 rings (SSSR count). The normalized spacial score (nSPS) is 14.6. The smallest absolute Gasteiger partial charge is 0.307 e. The minimum absolute atomic E-state index is 0.0713. The van der Waals surface area contributed by atoms with E-state index in [-0.39, 0.29) is 12.2 Å². The first kappa shape index (κ1) is 22.7. The van der Waals surface area contributed by atoms with E-state index in [0.717, 1.165) is 28.5 Å². The third-order valence-corrected chi connectivity index (χ3v) is 6.63. The van der Waals surface area contributed by atoms with E-state index < -0.39 is 23.7 Å². The standard InChI is InChI=1S/C29H23F2N5O/c1-19-23-18-35(29(37)32-25-14-6-5-13-24(25)31)27(20-9-7-10-21(30)17-20)26-15-8-16-34(26)28(23)36(33-19)22-11-3-2-4-12-22/h2-17,27H,18H2,1H3,(H,32,37)/t27-/m1/s1. The number of hydrogen-bond acceptors (Lipinski definition) is 2. The molecule has 1 aliphatic heterocycles. The van der Waals surface area contributed by atoms with Crippen molar-refractivity contribution in [2.45, 2.75) is 19.5 Å². The Bertz CT molecular complexity index is 1610. The van der Waals surface area contributed by atoms with E-state index in [0.29, 0.717) is 5.56 Å². The molecule has 37 heavy (non-hydrogen) atoms. The summed E-state index contributed by atoms with van der Waals surface area (Å²) in [4.78, 5) is 15.4. The second-order valence-corrected chi connectivity index (χ2v) is 8.93. The lowest BCUT2D eigenvalue weighted by molar-refractivity contribution is 0.194. The Kier molecular flexibility index (Phi) is 5.56. The van der Waals surface area contributed by atoms with Crippen LogP contribution < -0.4 is 5.32 Å². The number of para-hydroxylation sites is 2. The Labute approximate surface area is 212 Å². The lowest BCUT2D eigenvalue weighted by atomic mass is 10.0. The topological polar surface area (TPSA) is 55.1 Å². The van der Waals surface area contributed by atoms with Crippen molar-refractivity contribution in [1.29, 1.82) is 0 Å². The fraction of sp³-hybridized carbons (Fsp3) is 0.103. The van der Waals surface area contributed by atoms with Crippen molar-refractivity contribution in [2.24, 2.45) is 0 Å². The van der Waals surface area contributed by atoms with E-state index in [2.05, 4.69) is 5.32 Å². The number of nitrogens with zero attached hydrogens (tertiary/aromatic N) is 4. The summed E-state index contributed by atoms with van der Waals surface area (Å²) in [6.45, 7) is 2.08. The van der Waals surface area contributed by atoms with Gasteiger partial charge >= 0.3 is 6.03 Å². The van der Waals surface area contributed by atoms with Gasteiger partial charge in [-0.3, -0.25) is 0 Å². The van der Waals surface area contributed by atoms with Crippen molar-refractivity contribution in [1.82, 2.24) is 19.2 Å². The molecular formula is C29H23F2N5O. The van der Waals surface area contributed by atoms with Crippen LogP contribution in [0.4, 0.5) is 19.3 Å². The van der Waals surface area contributed by atoms with Crippen LogP contribution in [0.5, 0.6) is 0 Å². The van der Waals surface area contributed by atoms with E-state index >= 15 is 0 Å². The molecule has 0 saturated carbocycles. The highest BCUT2D eigenvalue weighted by molar-refractivity contribution is 5.90. The monoisotopic (exact) mass is 495 g/mol. The number of urea groups is 1. The number of rotatable bonds is 3. The van der Waals surface area contributed by atoms with Crippen LogP contribution in [0.2, 0.25) is 0 Å². The van der Waals surface area contributed by atoms with Gasteiger partial charge in [0, 0.05) is 11.8 Å². The number of aryl methyl sites for hydroxylation is 1. The van der Waals surface area contributed by atoms with Gasteiger partial charge in [0.25, 0.3) is 0 Å². The Morgan fingerprint density at radius 3 is 2.51 bits per heavy atom. The number of carbonyl (C=O) groups excluding carboxylic acids is 1. The molecule has 1 aliphatic rings. The van der Waals surface area contributed by atoms with Gasteiger partial charge in [0.2, 0.25) is 0 Å². The fourth-order valence-corrected chi connectivity index (χ4v) is 4.93. The number of halogens is 2. The highest BCUT2D eigenvalue weighted by Crippen LogP contribution is 2.39. The molecule has 0 radical (unpaired) electrons. The molecule has 3 heterocycles. The number of amides is 2. The zero-order chi connectivity index (χ0) is 25.5. The van der Waals surface area contributed by atoms with E-state index in [9.17, 15) is 13.6 Å². The molecule has 2 aromatic heterocycles. The third kappa shape index (κ3) is 3.96. The predicted molar refractivity (Wildman–Crippen MR) is 137 cm³/mol. The summed E-state index contributed by atoms with van der Waals surface area (Å²) in [6.07, 6.45) is 1.92. The fourth-order valence-electron chi connectivity index (χ4n) is 4.93. The molecule has 2 amide bonds. The lowest BCUT2D eigenvalue weighted by Crippen LogP contribution is -2.38. The first-order valence-electron chi connectivity index (χ1n) is 11.9. The number of fused-ring (bicyclic) bond motifs is 3. The minimum Gasteiger partial charge on any atom is -0.307 e. The molecule has 1 N–H and O–H groups in total. The van der Waals surface area contributed by atoms with Gasteiger partial charge in [-0.1, -0.05) is 42.5 Å². The molecule has 0 bridgehead atoms. The van der Waals surface area contributed by atoms with Gasteiger partial charge in [0.1, 0.15) is 17.5 Å². The van der Waals surface area contributed by atoms with Crippen molar-refractivity contribution in [2.75, 3.05) is 5.32 Å². The van der Waals surface area contributed by atoms with Gasteiger partial charge in [-0.25, -0.2) is 18.3 Å². The number of hydrogen-bond donors (Lipinski definition) is 1. The Morgan fingerprint density at radius 2 is 1.73 bits per heavy atom. The van der Waals surface area contributed by atoms with Crippen LogP contribution in [-0.4, -0.2) is 25.3 Å². The van der Waals surface area contributed by atoms with Crippen LogP contribution in [0.3, 0.4) is 0 Å². The lowest BCUT2D eigenvalue weighted by Gasteiger charge is -2.31. The van der Waals surface area contributed by atoms with Crippen molar-refractivity contribution < 1.29 is 13.6 Å². The van der Waals surface area contributed by atoms with Crippen LogP contribution >= 0.6 is 0 Å². The van der Waals surface area contributed by atoms with E-state index in [1.165, 1.54) is 24.3 Å². The summed E-state index contributed by atoms with van der Waals surface area (Å²) in [7, 11) is 0. The molecule has 0 saturated heterocycles. The van der Waals surface area contributed by atoms with Gasteiger partial charge in [-0.15, -0.1) is 0 Å². The first-order valence-corrected chi connectivity index (χ1v) is 11.9. The summed E-state index contributed by atoms with van der Waals surface area (Å²) in [5.74, 6) is -0.144. The molecule has 8 heteroatoms. The Morgan fingerprint density at radius 1 is 0.946 bits per heavy atom. The summed E-state index contributed by atoms with van der Waals surface area (Å²) >= 11 is 0. The van der Waals surface area contributed by atoms with Crippen LogP contribution in [0.15, 0.2) is 97.2 Å². The number of benzene rings is 3. The summed E-state index contributed by atoms with van der Waals surface area (Å²) in [5, 5.41) is 7.52. The third-order valence-electron chi connectivity index (χ3n) is 6.63. The van der Waals surface area contributed by atoms with Gasteiger partial charge in [-0.05, 0) is 61.0 Å². The van der Waals surface area contributed by atoms with E-state index in [4.69, 9.17) is 5.10 Å². The quantitative estimate of drug-likeness (QED) is 0.316. The number of anilines is 1. The molecule has 0 spiro atoms.